The van der Waals surface area contributed by atoms with Crippen LogP contribution in [0.15, 0.2) is 18.2 Å². The molecule has 2 heterocycles. The summed E-state index contributed by atoms with van der Waals surface area (Å²) in [5.74, 6) is 0.953. The molecule has 0 saturated carbocycles. The van der Waals surface area contributed by atoms with Crippen LogP contribution in [0.5, 0.6) is 11.5 Å². The number of rotatable bonds is 8. The number of benzene rings is 1. The number of hydrogen-bond donors (Lipinski definition) is 2. The van der Waals surface area contributed by atoms with Crippen LogP contribution in [0.2, 0.25) is 0 Å². The molecule has 0 aromatic heterocycles. The second-order valence-electron chi connectivity index (χ2n) is 8.34. The fourth-order valence-electron chi connectivity index (χ4n) is 4.41. The molecule has 0 spiro atoms. The minimum absolute atomic E-state index is 0.123. The Morgan fingerprint density at radius 3 is 2.86 bits per heavy atom. The van der Waals surface area contributed by atoms with E-state index in [-0.39, 0.29) is 17.9 Å². The van der Waals surface area contributed by atoms with Crippen LogP contribution in [0.1, 0.15) is 44.6 Å². The minimum atomic E-state index is -0.633. The number of nitrogens with zero attached hydrogens (tertiary/aromatic N) is 1. The lowest BCUT2D eigenvalue weighted by molar-refractivity contribution is -0.133. The van der Waals surface area contributed by atoms with E-state index in [2.05, 4.69) is 0 Å². The Morgan fingerprint density at radius 1 is 1.45 bits per heavy atom. The molecule has 1 unspecified atom stereocenters. The van der Waals surface area contributed by atoms with Crippen molar-refractivity contribution in [2.75, 3.05) is 40.0 Å². The van der Waals surface area contributed by atoms with Crippen molar-refractivity contribution in [1.82, 2.24) is 4.90 Å². The maximum absolute atomic E-state index is 12.1. The van der Waals surface area contributed by atoms with Crippen molar-refractivity contribution in [2.45, 2.75) is 51.2 Å². The van der Waals surface area contributed by atoms with Gasteiger partial charge in [0.2, 0.25) is 5.91 Å². The number of methoxy groups -OCH3 is 1. The Balaban J connectivity index is 1.85. The van der Waals surface area contributed by atoms with E-state index < -0.39 is 18.1 Å². The van der Waals surface area contributed by atoms with E-state index >= 15 is 0 Å². The highest BCUT2D eigenvalue weighted by atomic mass is 16.5. The fraction of sp³-hybridized carbons (Fsp3) is 0.682. The van der Waals surface area contributed by atoms with E-state index in [4.69, 9.17) is 14.2 Å². The lowest BCUT2D eigenvalue weighted by Crippen LogP contribution is -2.38. The van der Waals surface area contributed by atoms with Gasteiger partial charge in [0, 0.05) is 43.5 Å². The average Bonchev–Trinajstić information content (AvgIpc) is 3.36. The van der Waals surface area contributed by atoms with Crippen LogP contribution < -0.4 is 9.47 Å². The monoisotopic (exact) mass is 407 g/mol. The van der Waals surface area contributed by atoms with Gasteiger partial charge in [-0.25, -0.2) is 0 Å². The van der Waals surface area contributed by atoms with Crippen molar-refractivity contribution in [1.29, 1.82) is 0 Å². The first kappa shape index (κ1) is 21.9. The van der Waals surface area contributed by atoms with Crippen LogP contribution in [-0.2, 0) is 9.53 Å². The second-order valence-corrected chi connectivity index (χ2v) is 8.34. The van der Waals surface area contributed by atoms with Crippen LogP contribution >= 0.6 is 0 Å². The van der Waals surface area contributed by atoms with Crippen LogP contribution in [0.3, 0.4) is 0 Å². The summed E-state index contributed by atoms with van der Waals surface area (Å²) in [5.41, 5.74) is 0.390. The molecule has 1 aromatic rings. The molecule has 3 rings (SSSR count). The van der Waals surface area contributed by atoms with Crippen LogP contribution in [0, 0.1) is 5.41 Å². The van der Waals surface area contributed by atoms with E-state index in [1.54, 1.807) is 18.9 Å². The topological polar surface area (TPSA) is 88.5 Å². The van der Waals surface area contributed by atoms with Gasteiger partial charge in [0.1, 0.15) is 18.1 Å². The zero-order valence-corrected chi connectivity index (χ0v) is 17.6. The summed E-state index contributed by atoms with van der Waals surface area (Å²) >= 11 is 0. The largest absolute Gasteiger partial charge is 0.497 e. The molecular formula is C22H33NO6. The van der Waals surface area contributed by atoms with Gasteiger partial charge >= 0.3 is 0 Å². The molecule has 2 fully saturated rings. The summed E-state index contributed by atoms with van der Waals surface area (Å²) in [4.78, 5) is 13.8. The van der Waals surface area contributed by atoms with Gasteiger partial charge in [-0.2, -0.15) is 0 Å². The molecular weight excluding hydrogens is 374 g/mol. The predicted molar refractivity (Wildman–Crippen MR) is 108 cm³/mol. The summed E-state index contributed by atoms with van der Waals surface area (Å²) in [6.45, 7) is 5.36. The van der Waals surface area contributed by atoms with E-state index in [1.165, 1.54) is 0 Å². The zero-order valence-electron chi connectivity index (χ0n) is 17.6. The molecule has 29 heavy (non-hydrogen) atoms. The van der Waals surface area contributed by atoms with Crippen molar-refractivity contribution in [3.63, 3.8) is 0 Å². The lowest BCUT2D eigenvalue weighted by Gasteiger charge is -2.34. The molecule has 0 bridgehead atoms. The third-order valence-electron chi connectivity index (χ3n) is 6.49. The van der Waals surface area contributed by atoms with Gasteiger partial charge in [0.05, 0.1) is 25.9 Å². The van der Waals surface area contributed by atoms with E-state index in [0.29, 0.717) is 31.2 Å². The van der Waals surface area contributed by atoms with Crippen LogP contribution in [0.4, 0.5) is 0 Å². The molecule has 7 heteroatoms. The number of carbonyl (C=O) groups is 1. The van der Waals surface area contributed by atoms with Crippen molar-refractivity contribution in [2.24, 2.45) is 5.41 Å². The van der Waals surface area contributed by atoms with Crippen LogP contribution in [0.25, 0.3) is 0 Å². The van der Waals surface area contributed by atoms with E-state index in [9.17, 15) is 15.0 Å². The third-order valence-corrected chi connectivity index (χ3v) is 6.49. The van der Waals surface area contributed by atoms with Crippen molar-refractivity contribution in [3.05, 3.63) is 23.8 Å². The first-order chi connectivity index (χ1) is 13.9. The third kappa shape index (κ3) is 4.68. The minimum Gasteiger partial charge on any atom is -0.497 e. The Labute approximate surface area is 172 Å². The number of aliphatic hydroxyl groups is 2. The molecule has 4 atom stereocenters. The molecule has 1 amide bonds. The van der Waals surface area contributed by atoms with E-state index in [1.807, 2.05) is 25.1 Å². The highest BCUT2D eigenvalue weighted by Gasteiger charge is 2.49. The quantitative estimate of drug-likeness (QED) is 0.685. The van der Waals surface area contributed by atoms with Gasteiger partial charge in [0.15, 0.2) is 0 Å². The Bertz CT molecular complexity index is 703. The fourth-order valence-corrected chi connectivity index (χ4v) is 4.41. The lowest BCUT2D eigenvalue weighted by atomic mass is 9.72. The molecule has 7 nitrogen and oxygen atoms in total. The summed E-state index contributed by atoms with van der Waals surface area (Å²) in [7, 11) is 1.61. The first-order valence-corrected chi connectivity index (χ1v) is 10.4. The predicted octanol–water partition coefficient (Wildman–Crippen LogP) is 1.95. The van der Waals surface area contributed by atoms with Gasteiger partial charge in [-0.05, 0) is 31.4 Å². The normalized spacial score (nSPS) is 27.8. The van der Waals surface area contributed by atoms with Crippen molar-refractivity contribution < 1.29 is 29.2 Å². The standard InChI is InChI=1S/C22H33NO6/c1-15(25)22(2)14-23(21(26)13-24)12-19(22)18-7-6-17(27-3)11-20(18)29-10-8-16-5-4-9-28-16/h6-7,11,15-16,19,24-25H,4-5,8-10,12-14H2,1-3H3/t15-,16?,19-,22+/m1/s1. The maximum atomic E-state index is 12.1. The smallest absolute Gasteiger partial charge is 0.248 e. The summed E-state index contributed by atoms with van der Waals surface area (Å²) in [5, 5.41) is 19.8. The van der Waals surface area contributed by atoms with Gasteiger partial charge in [0.25, 0.3) is 0 Å². The average molecular weight is 408 g/mol. The SMILES string of the molecule is COc1ccc([C@H]2CN(C(=O)CO)C[C@@]2(C)[C@@H](C)O)c(OCCC2CCCO2)c1. The summed E-state index contributed by atoms with van der Waals surface area (Å²) < 4.78 is 17.2. The molecule has 1 aromatic carbocycles. The molecule has 162 valence electrons. The van der Waals surface area contributed by atoms with E-state index in [0.717, 1.165) is 31.4 Å². The highest BCUT2D eigenvalue weighted by Crippen LogP contribution is 2.48. The molecule has 2 aliphatic heterocycles. The molecule has 2 saturated heterocycles. The molecule has 0 radical (unpaired) electrons. The highest BCUT2D eigenvalue weighted by molar-refractivity contribution is 5.77. The number of ether oxygens (including phenoxy) is 3. The van der Waals surface area contributed by atoms with Gasteiger partial charge in [-0.1, -0.05) is 13.0 Å². The number of likely N-dealkylation sites (tertiary alicyclic amines) is 1. The summed E-state index contributed by atoms with van der Waals surface area (Å²) in [6.07, 6.45) is 2.60. The first-order valence-electron chi connectivity index (χ1n) is 10.4. The molecule has 2 N–H and O–H groups in total. The number of carbonyl (C=O) groups excluding carboxylic acids is 1. The molecule has 2 aliphatic rings. The zero-order chi connectivity index (χ0) is 21.0. The number of aliphatic hydroxyl groups excluding tert-OH is 2. The molecule has 0 aliphatic carbocycles. The Kier molecular flexibility index (Phi) is 7.03. The van der Waals surface area contributed by atoms with Crippen molar-refractivity contribution in [3.8, 4) is 11.5 Å². The van der Waals surface area contributed by atoms with Gasteiger partial charge < -0.3 is 29.3 Å². The Hall–Kier alpha value is -1.83. The number of hydrogen-bond acceptors (Lipinski definition) is 6. The second kappa shape index (κ2) is 9.32. The Morgan fingerprint density at radius 2 is 2.24 bits per heavy atom. The van der Waals surface area contributed by atoms with Gasteiger partial charge in [-0.3, -0.25) is 4.79 Å². The maximum Gasteiger partial charge on any atom is 0.248 e. The van der Waals surface area contributed by atoms with Gasteiger partial charge in [-0.15, -0.1) is 0 Å². The van der Waals surface area contributed by atoms with Crippen molar-refractivity contribution >= 4 is 5.91 Å². The number of amides is 1. The summed E-state index contributed by atoms with van der Waals surface area (Å²) in [6, 6.07) is 5.70. The van der Waals surface area contributed by atoms with Crippen LogP contribution in [-0.4, -0.2) is 73.2 Å².